The fourth-order valence-electron chi connectivity index (χ4n) is 2.39. The van der Waals surface area contributed by atoms with Gasteiger partial charge in [-0.15, -0.1) is 0 Å². The van der Waals surface area contributed by atoms with E-state index in [1.165, 1.54) is 5.71 Å². The van der Waals surface area contributed by atoms with E-state index in [9.17, 15) is 4.79 Å². The van der Waals surface area contributed by atoms with Crippen LogP contribution in [-0.4, -0.2) is 11.6 Å². The Morgan fingerprint density at radius 1 is 1.56 bits per heavy atom. The summed E-state index contributed by atoms with van der Waals surface area (Å²) in [5, 5.41) is 4.23. The predicted octanol–water partition coefficient (Wildman–Crippen LogP) is 2.63. The molecule has 2 atom stereocenters. The van der Waals surface area contributed by atoms with Crippen LogP contribution in [0.2, 0.25) is 0 Å². The highest BCUT2D eigenvalue weighted by Gasteiger charge is 2.37. The van der Waals surface area contributed by atoms with Crippen LogP contribution in [0.1, 0.15) is 45.4 Å². The molecule has 2 aliphatic rings. The van der Waals surface area contributed by atoms with E-state index in [-0.39, 0.29) is 5.91 Å². The molecule has 3 nitrogen and oxygen atoms in total. The zero-order chi connectivity index (χ0) is 11.4. The molecule has 0 spiro atoms. The number of hydrogen-bond acceptors (Lipinski definition) is 2. The van der Waals surface area contributed by atoms with Crippen LogP contribution in [-0.2, 0) is 4.79 Å². The standard InChI is InChI=1S/C13H20N2O/c1-2-3-4-8-13(16)15-14-12-9-10-6-5-7-11(10)12/h5-6,10-11H,2-4,7-9H2,1H3,(H,15,16). The summed E-state index contributed by atoms with van der Waals surface area (Å²) in [6, 6.07) is 0. The molecule has 0 aromatic heterocycles. The van der Waals surface area contributed by atoms with Crippen LogP contribution in [0, 0.1) is 11.8 Å². The van der Waals surface area contributed by atoms with Gasteiger partial charge >= 0.3 is 0 Å². The third-order valence-corrected chi connectivity index (χ3v) is 3.49. The molecule has 2 unspecified atom stereocenters. The van der Waals surface area contributed by atoms with Crippen molar-refractivity contribution in [3.8, 4) is 0 Å². The summed E-state index contributed by atoms with van der Waals surface area (Å²) < 4.78 is 0. The molecule has 1 fully saturated rings. The fourth-order valence-corrected chi connectivity index (χ4v) is 2.39. The zero-order valence-electron chi connectivity index (χ0n) is 9.91. The number of hydrazone groups is 1. The number of fused-ring (bicyclic) bond motifs is 1. The molecular formula is C13H20N2O. The van der Waals surface area contributed by atoms with Gasteiger partial charge in [0.25, 0.3) is 0 Å². The Bertz CT molecular complexity index is 320. The summed E-state index contributed by atoms with van der Waals surface area (Å²) in [6.45, 7) is 2.14. The predicted molar refractivity (Wildman–Crippen MR) is 65.1 cm³/mol. The van der Waals surface area contributed by atoms with Gasteiger partial charge in [-0.2, -0.15) is 5.10 Å². The van der Waals surface area contributed by atoms with Gasteiger partial charge in [-0.1, -0.05) is 31.9 Å². The molecule has 1 saturated carbocycles. The summed E-state index contributed by atoms with van der Waals surface area (Å²) in [4.78, 5) is 11.4. The van der Waals surface area contributed by atoms with Gasteiger partial charge < -0.3 is 0 Å². The number of hydrogen-bond donors (Lipinski definition) is 1. The van der Waals surface area contributed by atoms with E-state index in [1.807, 2.05) is 0 Å². The molecule has 0 aromatic carbocycles. The molecule has 0 aromatic rings. The van der Waals surface area contributed by atoms with Crippen molar-refractivity contribution < 1.29 is 4.79 Å². The van der Waals surface area contributed by atoms with E-state index in [1.54, 1.807) is 0 Å². The zero-order valence-corrected chi connectivity index (χ0v) is 9.91. The molecule has 0 aliphatic heterocycles. The maximum atomic E-state index is 11.4. The van der Waals surface area contributed by atoms with Gasteiger partial charge in [0.05, 0.1) is 0 Å². The Balaban J connectivity index is 1.67. The monoisotopic (exact) mass is 220 g/mol. The quantitative estimate of drug-likeness (QED) is 0.432. The highest BCUT2D eigenvalue weighted by molar-refractivity contribution is 5.94. The van der Waals surface area contributed by atoms with Gasteiger partial charge in [0, 0.05) is 18.1 Å². The van der Waals surface area contributed by atoms with Gasteiger partial charge in [0.1, 0.15) is 0 Å². The van der Waals surface area contributed by atoms with Gasteiger partial charge in [0.2, 0.25) is 5.91 Å². The molecule has 1 amide bonds. The molecule has 3 heteroatoms. The second kappa shape index (κ2) is 5.28. The normalized spacial score (nSPS) is 28.9. The Morgan fingerprint density at radius 2 is 2.44 bits per heavy atom. The van der Waals surface area contributed by atoms with E-state index in [0.29, 0.717) is 18.3 Å². The van der Waals surface area contributed by atoms with E-state index in [2.05, 4.69) is 29.6 Å². The van der Waals surface area contributed by atoms with Crippen LogP contribution in [0.25, 0.3) is 0 Å². The van der Waals surface area contributed by atoms with Crippen LogP contribution in [0.3, 0.4) is 0 Å². The number of carbonyl (C=O) groups excluding carboxylic acids is 1. The lowest BCUT2D eigenvalue weighted by atomic mass is 9.74. The summed E-state index contributed by atoms with van der Waals surface area (Å²) in [7, 11) is 0. The number of rotatable bonds is 5. The number of amides is 1. The third-order valence-electron chi connectivity index (χ3n) is 3.49. The molecule has 88 valence electrons. The van der Waals surface area contributed by atoms with Crippen molar-refractivity contribution in [1.82, 2.24) is 5.43 Å². The first-order chi connectivity index (χ1) is 7.81. The molecule has 1 N–H and O–H groups in total. The van der Waals surface area contributed by atoms with Crippen molar-refractivity contribution >= 4 is 11.6 Å². The summed E-state index contributed by atoms with van der Waals surface area (Å²) in [6.07, 6.45) is 10.5. The lowest BCUT2D eigenvalue weighted by Gasteiger charge is -2.31. The molecule has 0 bridgehead atoms. The Labute approximate surface area is 97.0 Å². The van der Waals surface area contributed by atoms with Crippen LogP contribution in [0.5, 0.6) is 0 Å². The minimum absolute atomic E-state index is 0.0651. The molecule has 2 rings (SSSR count). The van der Waals surface area contributed by atoms with Gasteiger partial charge in [-0.3, -0.25) is 4.79 Å². The first-order valence-electron chi connectivity index (χ1n) is 6.33. The second-order valence-corrected chi connectivity index (χ2v) is 4.73. The van der Waals surface area contributed by atoms with Crippen molar-refractivity contribution in [1.29, 1.82) is 0 Å². The first kappa shape index (κ1) is 11.4. The van der Waals surface area contributed by atoms with Gasteiger partial charge in [-0.05, 0) is 25.2 Å². The Hall–Kier alpha value is -1.12. The Morgan fingerprint density at radius 3 is 3.19 bits per heavy atom. The summed E-state index contributed by atoms with van der Waals surface area (Å²) in [5.74, 6) is 1.36. The van der Waals surface area contributed by atoms with E-state index >= 15 is 0 Å². The minimum Gasteiger partial charge on any atom is -0.273 e. The van der Waals surface area contributed by atoms with Crippen molar-refractivity contribution in [2.75, 3.05) is 0 Å². The van der Waals surface area contributed by atoms with Gasteiger partial charge in [-0.25, -0.2) is 5.43 Å². The van der Waals surface area contributed by atoms with Crippen molar-refractivity contribution in [2.45, 2.75) is 45.4 Å². The smallest absolute Gasteiger partial charge is 0.240 e. The summed E-state index contributed by atoms with van der Waals surface area (Å²) in [5.41, 5.74) is 3.86. The number of nitrogens with zero attached hydrogens (tertiary/aromatic N) is 1. The topological polar surface area (TPSA) is 41.5 Å². The molecule has 0 saturated heterocycles. The van der Waals surface area contributed by atoms with Crippen LogP contribution < -0.4 is 5.43 Å². The SMILES string of the molecule is CCCCCC(=O)NN=C1CC2C=CCC12. The van der Waals surface area contributed by atoms with Crippen molar-refractivity contribution in [3.05, 3.63) is 12.2 Å². The van der Waals surface area contributed by atoms with Crippen molar-refractivity contribution in [3.63, 3.8) is 0 Å². The Kier molecular flexibility index (Phi) is 3.75. The van der Waals surface area contributed by atoms with Crippen molar-refractivity contribution in [2.24, 2.45) is 16.9 Å². The van der Waals surface area contributed by atoms with E-state index < -0.39 is 0 Å². The number of unbranched alkanes of at least 4 members (excludes halogenated alkanes) is 2. The molecule has 0 radical (unpaired) electrons. The molecule has 2 aliphatic carbocycles. The van der Waals surface area contributed by atoms with Crippen LogP contribution >= 0.6 is 0 Å². The summed E-state index contributed by atoms with van der Waals surface area (Å²) >= 11 is 0. The molecule has 0 heterocycles. The number of carbonyl (C=O) groups is 1. The largest absolute Gasteiger partial charge is 0.273 e. The average Bonchev–Trinajstić information content (AvgIpc) is 2.61. The van der Waals surface area contributed by atoms with E-state index in [4.69, 9.17) is 0 Å². The fraction of sp³-hybridized carbons (Fsp3) is 0.692. The molecular weight excluding hydrogens is 200 g/mol. The third kappa shape index (κ3) is 2.52. The second-order valence-electron chi connectivity index (χ2n) is 4.73. The lowest BCUT2D eigenvalue weighted by molar-refractivity contribution is -0.121. The highest BCUT2D eigenvalue weighted by Crippen LogP contribution is 2.39. The first-order valence-corrected chi connectivity index (χ1v) is 6.33. The number of nitrogens with one attached hydrogen (secondary N) is 1. The minimum atomic E-state index is 0.0651. The lowest BCUT2D eigenvalue weighted by Crippen LogP contribution is -2.35. The van der Waals surface area contributed by atoms with E-state index in [0.717, 1.165) is 32.1 Å². The van der Waals surface area contributed by atoms with Crippen LogP contribution in [0.15, 0.2) is 17.3 Å². The maximum Gasteiger partial charge on any atom is 0.240 e. The van der Waals surface area contributed by atoms with Crippen LogP contribution in [0.4, 0.5) is 0 Å². The number of allylic oxidation sites excluding steroid dienone is 2. The average molecular weight is 220 g/mol. The highest BCUT2D eigenvalue weighted by atomic mass is 16.2. The maximum absolute atomic E-state index is 11.4. The molecule has 16 heavy (non-hydrogen) atoms. The van der Waals surface area contributed by atoms with Gasteiger partial charge in [0.15, 0.2) is 0 Å².